The first-order valence-electron chi connectivity index (χ1n) is 11.7. The molecule has 34 heavy (non-hydrogen) atoms. The van der Waals surface area contributed by atoms with Crippen LogP contribution in [0.1, 0.15) is 47.3 Å². The Kier molecular flexibility index (Phi) is 7.70. The van der Waals surface area contributed by atoms with Crippen molar-refractivity contribution in [3.8, 4) is 0 Å². The SMILES string of the molecule is CC(NC(=O)c1ccccc1NC(=O)C1CCCN(Cc2ccccc2F)C1)c1ccccc1. The number of halogens is 1. The highest BCUT2D eigenvalue weighted by Crippen LogP contribution is 2.23. The second-order valence-electron chi connectivity index (χ2n) is 8.81. The molecular formula is C28H30FN3O2. The van der Waals surface area contributed by atoms with Gasteiger partial charge in [-0.15, -0.1) is 0 Å². The molecule has 1 aliphatic heterocycles. The first-order valence-corrected chi connectivity index (χ1v) is 11.7. The number of hydrogen-bond donors (Lipinski definition) is 2. The van der Waals surface area contributed by atoms with Gasteiger partial charge in [0.05, 0.1) is 23.2 Å². The molecule has 1 heterocycles. The minimum absolute atomic E-state index is 0.116. The molecule has 5 nitrogen and oxygen atoms in total. The Morgan fingerprint density at radius 2 is 1.71 bits per heavy atom. The van der Waals surface area contributed by atoms with E-state index in [4.69, 9.17) is 0 Å². The smallest absolute Gasteiger partial charge is 0.253 e. The van der Waals surface area contributed by atoms with Gasteiger partial charge >= 0.3 is 0 Å². The zero-order chi connectivity index (χ0) is 23.9. The molecule has 0 saturated carbocycles. The van der Waals surface area contributed by atoms with Crippen LogP contribution in [0, 0.1) is 11.7 Å². The molecule has 1 aliphatic rings. The number of likely N-dealkylation sites (tertiary alicyclic amines) is 1. The number of piperidine rings is 1. The number of hydrogen-bond acceptors (Lipinski definition) is 3. The molecule has 2 atom stereocenters. The van der Waals surface area contributed by atoms with Gasteiger partial charge in [0, 0.05) is 18.7 Å². The molecule has 0 spiro atoms. The van der Waals surface area contributed by atoms with Crippen molar-refractivity contribution in [2.75, 3.05) is 18.4 Å². The van der Waals surface area contributed by atoms with Gasteiger partial charge in [-0.05, 0) is 50.1 Å². The first kappa shape index (κ1) is 23.6. The summed E-state index contributed by atoms with van der Waals surface area (Å²) >= 11 is 0. The second kappa shape index (κ2) is 11.1. The standard InChI is InChI=1S/C28H30FN3O2/c1-20(21-10-3-2-4-11-21)30-28(34)24-14-6-8-16-26(24)31-27(33)23-13-9-17-32(19-23)18-22-12-5-7-15-25(22)29/h2-8,10-12,14-16,20,23H,9,13,17-19H2,1H3,(H,30,34)(H,31,33). The minimum Gasteiger partial charge on any atom is -0.345 e. The molecule has 0 aliphatic carbocycles. The Balaban J connectivity index is 1.40. The van der Waals surface area contributed by atoms with E-state index in [1.807, 2.05) is 43.3 Å². The van der Waals surface area contributed by atoms with Gasteiger partial charge in [0.2, 0.25) is 5.91 Å². The number of para-hydroxylation sites is 1. The van der Waals surface area contributed by atoms with E-state index in [0.29, 0.717) is 29.9 Å². The predicted octanol–water partition coefficient (Wildman–Crippen LogP) is 5.17. The first-order chi connectivity index (χ1) is 16.5. The highest BCUT2D eigenvalue weighted by molar-refractivity contribution is 6.04. The fourth-order valence-electron chi connectivity index (χ4n) is 4.41. The molecule has 0 bridgehead atoms. The van der Waals surface area contributed by atoms with Crippen LogP contribution >= 0.6 is 0 Å². The number of benzene rings is 3. The molecule has 6 heteroatoms. The highest BCUT2D eigenvalue weighted by Gasteiger charge is 2.27. The van der Waals surface area contributed by atoms with E-state index in [1.165, 1.54) is 6.07 Å². The molecule has 3 aromatic carbocycles. The average Bonchev–Trinajstić information content (AvgIpc) is 2.86. The summed E-state index contributed by atoms with van der Waals surface area (Å²) < 4.78 is 14.1. The summed E-state index contributed by atoms with van der Waals surface area (Å²) in [7, 11) is 0. The van der Waals surface area contributed by atoms with Gasteiger partial charge in [-0.2, -0.15) is 0 Å². The zero-order valence-electron chi connectivity index (χ0n) is 19.3. The molecule has 1 saturated heterocycles. The predicted molar refractivity (Wildman–Crippen MR) is 132 cm³/mol. The van der Waals surface area contributed by atoms with Crippen molar-refractivity contribution < 1.29 is 14.0 Å². The number of amides is 2. The van der Waals surface area contributed by atoms with E-state index in [1.54, 1.807) is 36.4 Å². The molecule has 1 fully saturated rings. The number of nitrogens with zero attached hydrogens (tertiary/aromatic N) is 1. The molecule has 176 valence electrons. The van der Waals surface area contributed by atoms with Gasteiger partial charge in [-0.3, -0.25) is 14.5 Å². The summed E-state index contributed by atoms with van der Waals surface area (Å²) in [4.78, 5) is 28.2. The fraction of sp³-hybridized carbons (Fsp3) is 0.286. The summed E-state index contributed by atoms with van der Waals surface area (Å²) in [6.07, 6.45) is 1.63. The van der Waals surface area contributed by atoms with Gasteiger partial charge in [0.1, 0.15) is 5.82 Å². The van der Waals surface area contributed by atoms with Crippen LogP contribution < -0.4 is 10.6 Å². The Morgan fingerprint density at radius 1 is 1.00 bits per heavy atom. The third kappa shape index (κ3) is 5.88. The molecule has 2 amide bonds. The van der Waals surface area contributed by atoms with Gasteiger partial charge in [-0.25, -0.2) is 4.39 Å². The van der Waals surface area contributed by atoms with E-state index in [2.05, 4.69) is 15.5 Å². The summed E-state index contributed by atoms with van der Waals surface area (Å²) in [5.41, 5.74) is 2.57. The average molecular weight is 460 g/mol. The maximum absolute atomic E-state index is 14.1. The lowest BCUT2D eigenvalue weighted by Crippen LogP contribution is -2.40. The Hall–Kier alpha value is -3.51. The Bertz CT molecular complexity index is 1140. The van der Waals surface area contributed by atoms with Crippen molar-refractivity contribution in [1.82, 2.24) is 10.2 Å². The van der Waals surface area contributed by atoms with E-state index < -0.39 is 0 Å². The van der Waals surface area contributed by atoms with Crippen molar-refractivity contribution in [2.24, 2.45) is 5.92 Å². The lowest BCUT2D eigenvalue weighted by Gasteiger charge is -2.32. The number of carbonyl (C=O) groups excluding carboxylic acids is 2. The van der Waals surface area contributed by atoms with Crippen LogP contribution in [0.15, 0.2) is 78.9 Å². The van der Waals surface area contributed by atoms with Crippen LogP contribution in [0.3, 0.4) is 0 Å². The van der Waals surface area contributed by atoms with Crippen LogP contribution in [-0.4, -0.2) is 29.8 Å². The summed E-state index contributed by atoms with van der Waals surface area (Å²) in [6, 6.07) is 23.4. The van der Waals surface area contributed by atoms with Crippen LogP contribution in [0.5, 0.6) is 0 Å². The molecule has 0 aromatic heterocycles. The van der Waals surface area contributed by atoms with E-state index >= 15 is 0 Å². The maximum atomic E-state index is 14.1. The summed E-state index contributed by atoms with van der Waals surface area (Å²) in [5.74, 6) is -0.801. The minimum atomic E-state index is -0.239. The quantitative estimate of drug-likeness (QED) is 0.513. The third-order valence-corrected chi connectivity index (χ3v) is 6.30. The number of carbonyl (C=O) groups is 2. The fourth-order valence-corrected chi connectivity index (χ4v) is 4.41. The van der Waals surface area contributed by atoms with Crippen molar-refractivity contribution in [1.29, 1.82) is 0 Å². The van der Waals surface area contributed by atoms with Gasteiger partial charge in [-0.1, -0.05) is 60.7 Å². The largest absolute Gasteiger partial charge is 0.345 e. The van der Waals surface area contributed by atoms with Crippen LogP contribution in [0.4, 0.5) is 10.1 Å². The van der Waals surface area contributed by atoms with E-state index in [9.17, 15) is 14.0 Å². The molecule has 0 radical (unpaired) electrons. The molecule has 4 rings (SSSR count). The lowest BCUT2D eigenvalue weighted by atomic mass is 9.96. The topological polar surface area (TPSA) is 61.4 Å². The van der Waals surface area contributed by atoms with Gasteiger partial charge in [0.15, 0.2) is 0 Å². The van der Waals surface area contributed by atoms with Crippen LogP contribution in [0.2, 0.25) is 0 Å². The van der Waals surface area contributed by atoms with E-state index in [-0.39, 0.29) is 29.6 Å². The molecule has 3 aromatic rings. The molecule has 2 N–H and O–H groups in total. The van der Waals surface area contributed by atoms with Crippen LogP contribution in [0.25, 0.3) is 0 Å². The normalized spacial score (nSPS) is 17.1. The van der Waals surface area contributed by atoms with Gasteiger partial charge in [0.25, 0.3) is 5.91 Å². The van der Waals surface area contributed by atoms with E-state index in [0.717, 1.165) is 24.9 Å². The van der Waals surface area contributed by atoms with Crippen molar-refractivity contribution in [3.05, 3.63) is 101 Å². The van der Waals surface area contributed by atoms with Crippen molar-refractivity contribution in [3.63, 3.8) is 0 Å². The maximum Gasteiger partial charge on any atom is 0.253 e. The Morgan fingerprint density at radius 3 is 2.50 bits per heavy atom. The van der Waals surface area contributed by atoms with Crippen molar-refractivity contribution >= 4 is 17.5 Å². The number of rotatable bonds is 7. The van der Waals surface area contributed by atoms with Crippen LogP contribution in [-0.2, 0) is 11.3 Å². The summed E-state index contributed by atoms with van der Waals surface area (Å²) in [5, 5.41) is 5.98. The number of nitrogens with one attached hydrogen (secondary N) is 2. The third-order valence-electron chi connectivity index (χ3n) is 6.30. The second-order valence-corrected chi connectivity index (χ2v) is 8.81. The van der Waals surface area contributed by atoms with Crippen molar-refractivity contribution in [2.45, 2.75) is 32.4 Å². The monoisotopic (exact) mass is 459 g/mol. The highest BCUT2D eigenvalue weighted by atomic mass is 19.1. The summed E-state index contributed by atoms with van der Waals surface area (Å²) in [6.45, 7) is 3.79. The van der Waals surface area contributed by atoms with Gasteiger partial charge < -0.3 is 10.6 Å². The number of anilines is 1. The molecular weight excluding hydrogens is 429 g/mol. The zero-order valence-corrected chi connectivity index (χ0v) is 19.3. The Labute approximate surface area is 200 Å². The molecule has 2 unspecified atom stereocenters. The lowest BCUT2D eigenvalue weighted by molar-refractivity contribution is -0.121.